The molecule has 2 aromatic rings. The van der Waals surface area contributed by atoms with Gasteiger partial charge >= 0.3 is 0 Å². The SMILES string of the molecule is N#Cc1ccc(NCc2ccc(Br)cc2F)c([N+](=O)[O-])c1. The summed E-state index contributed by atoms with van der Waals surface area (Å²) in [5.74, 6) is -0.409. The molecule has 2 aromatic carbocycles. The lowest BCUT2D eigenvalue weighted by atomic mass is 10.1. The van der Waals surface area contributed by atoms with Crippen LogP contribution in [0, 0.1) is 27.3 Å². The van der Waals surface area contributed by atoms with Crippen LogP contribution in [0.3, 0.4) is 0 Å². The van der Waals surface area contributed by atoms with Crippen LogP contribution in [-0.2, 0) is 6.54 Å². The minimum absolute atomic E-state index is 0.103. The molecular weight excluding hydrogens is 341 g/mol. The van der Waals surface area contributed by atoms with Crippen LogP contribution in [0.4, 0.5) is 15.8 Å². The van der Waals surface area contributed by atoms with Crippen LogP contribution in [-0.4, -0.2) is 4.92 Å². The molecule has 0 aliphatic rings. The Labute approximate surface area is 128 Å². The molecule has 0 radical (unpaired) electrons. The number of nitriles is 1. The first kappa shape index (κ1) is 14.9. The lowest BCUT2D eigenvalue weighted by Gasteiger charge is -2.08. The maximum absolute atomic E-state index is 13.7. The third-order valence-electron chi connectivity index (χ3n) is 2.81. The highest BCUT2D eigenvalue weighted by Gasteiger charge is 2.15. The van der Waals surface area contributed by atoms with Crippen LogP contribution in [0.5, 0.6) is 0 Å². The molecule has 0 saturated heterocycles. The third kappa shape index (κ3) is 3.55. The van der Waals surface area contributed by atoms with Gasteiger partial charge in [-0.25, -0.2) is 4.39 Å². The molecule has 0 heterocycles. The summed E-state index contributed by atoms with van der Waals surface area (Å²) in [5, 5.41) is 22.6. The van der Waals surface area contributed by atoms with Crippen molar-refractivity contribution >= 4 is 27.3 Å². The first-order valence-electron chi connectivity index (χ1n) is 5.87. The molecule has 0 unspecified atom stereocenters. The average molecular weight is 350 g/mol. The summed E-state index contributed by atoms with van der Waals surface area (Å²) in [6.45, 7) is 0.103. The van der Waals surface area contributed by atoms with E-state index in [-0.39, 0.29) is 23.5 Å². The van der Waals surface area contributed by atoms with Crippen molar-refractivity contribution < 1.29 is 9.31 Å². The minimum atomic E-state index is -0.582. The Morgan fingerprint density at radius 2 is 2.10 bits per heavy atom. The van der Waals surface area contributed by atoms with E-state index in [1.165, 1.54) is 24.3 Å². The number of hydrogen-bond acceptors (Lipinski definition) is 4. The zero-order valence-electron chi connectivity index (χ0n) is 10.6. The van der Waals surface area contributed by atoms with Gasteiger partial charge in [-0.3, -0.25) is 10.1 Å². The molecule has 0 spiro atoms. The van der Waals surface area contributed by atoms with Gasteiger partial charge in [0, 0.05) is 22.6 Å². The maximum atomic E-state index is 13.7. The number of hydrogen-bond donors (Lipinski definition) is 1. The fourth-order valence-corrected chi connectivity index (χ4v) is 2.09. The number of rotatable bonds is 4. The van der Waals surface area contributed by atoms with E-state index in [1.54, 1.807) is 12.1 Å². The van der Waals surface area contributed by atoms with Crippen LogP contribution in [0.2, 0.25) is 0 Å². The van der Waals surface area contributed by atoms with Crippen molar-refractivity contribution in [2.45, 2.75) is 6.54 Å². The monoisotopic (exact) mass is 349 g/mol. The number of nitrogens with zero attached hydrogens (tertiary/aromatic N) is 2. The van der Waals surface area contributed by atoms with Crippen molar-refractivity contribution in [2.75, 3.05) is 5.32 Å². The van der Waals surface area contributed by atoms with Crippen molar-refractivity contribution in [2.24, 2.45) is 0 Å². The number of nitro groups is 1. The van der Waals surface area contributed by atoms with Crippen molar-refractivity contribution in [1.29, 1.82) is 5.26 Å². The lowest BCUT2D eigenvalue weighted by Crippen LogP contribution is -2.04. The zero-order valence-corrected chi connectivity index (χ0v) is 12.2. The Morgan fingerprint density at radius 1 is 1.33 bits per heavy atom. The van der Waals surface area contributed by atoms with E-state index >= 15 is 0 Å². The van der Waals surface area contributed by atoms with E-state index in [4.69, 9.17) is 5.26 Å². The minimum Gasteiger partial charge on any atom is -0.375 e. The van der Waals surface area contributed by atoms with Gasteiger partial charge in [0.1, 0.15) is 11.5 Å². The predicted octanol–water partition coefficient (Wildman–Crippen LogP) is 3.98. The molecule has 0 fully saturated rings. The molecule has 0 aliphatic carbocycles. The number of anilines is 1. The molecule has 0 saturated carbocycles. The molecule has 0 atom stereocenters. The van der Waals surface area contributed by atoms with Gasteiger partial charge in [-0.15, -0.1) is 0 Å². The number of halogens is 2. The van der Waals surface area contributed by atoms with Gasteiger partial charge in [0.15, 0.2) is 0 Å². The smallest absolute Gasteiger partial charge is 0.293 e. The summed E-state index contributed by atoms with van der Waals surface area (Å²) in [7, 11) is 0. The first-order chi connectivity index (χ1) is 10.0. The van der Waals surface area contributed by atoms with Gasteiger partial charge in [0.2, 0.25) is 0 Å². The van der Waals surface area contributed by atoms with Crippen molar-refractivity contribution in [3.05, 3.63) is 67.9 Å². The molecule has 0 bridgehead atoms. The second-order valence-corrected chi connectivity index (χ2v) is 5.11. The van der Waals surface area contributed by atoms with Gasteiger partial charge < -0.3 is 5.32 Å². The second kappa shape index (κ2) is 6.33. The fourth-order valence-electron chi connectivity index (χ4n) is 1.76. The van der Waals surface area contributed by atoms with E-state index in [2.05, 4.69) is 21.2 Å². The van der Waals surface area contributed by atoms with Gasteiger partial charge in [-0.2, -0.15) is 5.26 Å². The molecule has 106 valence electrons. The number of nitrogens with one attached hydrogen (secondary N) is 1. The Bertz CT molecular complexity index is 743. The van der Waals surface area contributed by atoms with Crippen molar-refractivity contribution in [1.82, 2.24) is 0 Å². The second-order valence-electron chi connectivity index (χ2n) is 4.19. The van der Waals surface area contributed by atoms with E-state index in [0.29, 0.717) is 10.0 Å². The summed E-state index contributed by atoms with van der Waals surface area (Å²) in [5.41, 5.74) is 0.604. The van der Waals surface area contributed by atoms with Gasteiger partial charge in [0.25, 0.3) is 5.69 Å². The highest BCUT2D eigenvalue weighted by Crippen LogP contribution is 2.26. The van der Waals surface area contributed by atoms with E-state index in [9.17, 15) is 14.5 Å². The summed E-state index contributed by atoms with van der Waals surface area (Å²) in [6.07, 6.45) is 0. The van der Waals surface area contributed by atoms with Gasteiger partial charge in [-0.05, 0) is 24.3 Å². The normalized spacial score (nSPS) is 9.95. The standard InChI is InChI=1S/C14H9BrFN3O2/c15-11-3-2-10(12(16)6-11)8-18-13-4-1-9(7-17)5-14(13)19(20)21/h1-6,18H,8H2. The summed E-state index contributed by atoms with van der Waals surface area (Å²) in [4.78, 5) is 10.4. The van der Waals surface area contributed by atoms with Gasteiger partial charge in [0.05, 0.1) is 16.6 Å². The van der Waals surface area contributed by atoms with Crippen LogP contribution >= 0.6 is 15.9 Å². The zero-order chi connectivity index (χ0) is 15.4. The highest BCUT2D eigenvalue weighted by atomic mass is 79.9. The molecule has 1 N–H and O–H groups in total. The average Bonchev–Trinajstić information content (AvgIpc) is 2.46. The highest BCUT2D eigenvalue weighted by molar-refractivity contribution is 9.10. The molecule has 0 aliphatic heterocycles. The van der Waals surface area contributed by atoms with Crippen LogP contribution in [0.25, 0.3) is 0 Å². The van der Waals surface area contributed by atoms with E-state index in [1.807, 2.05) is 6.07 Å². The summed E-state index contributed by atoms with van der Waals surface area (Å²) < 4.78 is 14.3. The Hall–Kier alpha value is -2.46. The van der Waals surface area contributed by atoms with E-state index < -0.39 is 10.7 Å². The molecule has 2 rings (SSSR count). The third-order valence-corrected chi connectivity index (χ3v) is 3.30. The predicted molar refractivity (Wildman–Crippen MR) is 79.2 cm³/mol. The van der Waals surface area contributed by atoms with Crippen molar-refractivity contribution in [3.8, 4) is 6.07 Å². The summed E-state index contributed by atoms with van der Waals surface area (Å²) in [6, 6.07) is 10.5. The largest absolute Gasteiger partial charge is 0.375 e. The Kier molecular flexibility index (Phi) is 4.50. The molecule has 0 amide bonds. The summed E-state index contributed by atoms with van der Waals surface area (Å²) >= 11 is 3.16. The lowest BCUT2D eigenvalue weighted by molar-refractivity contribution is -0.384. The van der Waals surface area contributed by atoms with Crippen LogP contribution < -0.4 is 5.32 Å². The molecule has 0 aromatic heterocycles. The quantitative estimate of drug-likeness (QED) is 0.668. The topological polar surface area (TPSA) is 79.0 Å². The maximum Gasteiger partial charge on any atom is 0.293 e. The number of benzene rings is 2. The van der Waals surface area contributed by atoms with E-state index in [0.717, 1.165) is 0 Å². The van der Waals surface area contributed by atoms with Crippen LogP contribution in [0.15, 0.2) is 40.9 Å². The molecular formula is C14H9BrFN3O2. The Morgan fingerprint density at radius 3 is 2.71 bits per heavy atom. The Balaban J connectivity index is 2.24. The molecule has 21 heavy (non-hydrogen) atoms. The molecule has 7 heteroatoms. The first-order valence-corrected chi connectivity index (χ1v) is 6.67. The fraction of sp³-hybridized carbons (Fsp3) is 0.0714. The van der Waals surface area contributed by atoms with Gasteiger partial charge in [-0.1, -0.05) is 22.0 Å². The van der Waals surface area contributed by atoms with Crippen molar-refractivity contribution in [3.63, 3.8) is 0 Å². The number of nitro benzene ring substituents is 1. The molecule has 5 nitrogen and oxygen atoms in total. The van der Waals surface area contributed by atoms with Crippen LogP contribution in [0.1, 0.15) is 11.1 Å².